The van der Waals surface area contributed by atoms with Crippen LogP contribution in [-0.2, 0) is 14.4 Å². The van der Waals surface area contributed by atoms with Gasteiger partial charge in [-0.25, -0.2) is 10.5 Å². The number of amides is 3. The van der Waals surface area contributed by atoms with Crippen LogP contribution in [0.4, 0.5) is 5.13 Å². The van der Waals surface area contributed by atoms with E-state index in [1.165, 1.54) is 11.3 Å². The standard InChI is InChI=1S/C18H29N5O4S/c1-14-13-28-18(19-14)20-16(25)12-22-8-10-23(11-9-22)17(26)7-5-3-2-4-6-15(24)21-27/h13,27H,2-12H2,1H3,(H,21,24)(H,19,20,25). The Hall–Kier alpha value is -2.04. The number of hydrogen-bond acceptors (Lipinski definition) is 7. The molecule has 10 heteroatoms. The summed E-state index contributed by atoms with van der Waals surface area (Å²) in [6.45, 7) is 4.84. The number of anilines is 1. The molecule has 156 valence electrons. The van der Waals surface area contributed by atoms with Crippen molar-refractivity contribution in [3.05, 3.63) is 11.1 Å². The van der Waals surface area contributed by atoms with Crippen LogP contribution in [0, 0.1) is 6.92 Å². The highest BCUT2D eigenvalue weighted by atomic mass is 32.1. The molecular weight excluding hydrogens is 382 g/mol. The van der Waals surface area contributed by atoms with E-state index < -0.39 is 0 Å². The number of carbonyl (C=O) groups excluding carboxylic acids is 3. The first-order valence-electron chi connectivity index (χ1n) is 9.63. The van der Waals surface area contributed by atoms with Gasteiger partial charge in [-0.15, -0.1) is 11.3 Å². The van der Waals surface area contributed by atoms with Crippen LogP contribution in [-0.4, -0.2) is 70.4 Å². The van der Waals surface area contributed by atoms with Gasteiger partial charge in [0.1, 0.15) is 0 Å². The van der Waals surface area contributed by atoms with Gasteiger partial charge in [-0.2, -0.15) is 0 Å². The number of thiazole rings is 1. The Balaban J connectivity index is 1.56. The van der Waals surface area contributed by atoms with E-state index in [0.29, 0.717) is 57.1 Å². The number of unbranched alkanes of at least 4 members (excludes halogenated alkanes) is 3. The summed E-state index contributed by atoms with van der Waals surface area (Å²) in [6.07, 6.45) is 4.08. The molecule has 2 heterocycles. The summed E-state index contributed by atoms with van der Waals surface area (Å²) in [5, 5.41) is 13.7. The van der Waals surface area contributed by atoms with E-state index in [9.17, 15) is 14.4 Å². The van der Waals surface area contributed by atoms with Crippen LogP contribution in [0.15, 0.2) is 5.38 Å². The molecule has 0 saturated carbocycles. The lowest BCUT2D eigenvalue weighted by Crippen LogP contribution is -2.50. The van der Waals surface area contributed by atoms with Crippen LogP contribution in [0.1, 0.15) is 44.2 Å². The molecule has 3 N–H and O–H groups in total. The number of piperazine rings is 1. The Bertz CT molecular complexity index is 658. The van der Waals surface area contributed by atoms with Crippen LogP contribution in [0.25, 0.3) is 0 Å². The third-order valence-electron chi connectivity index (χ3n) is 4.63. The highest BCUT2D eigenvalue weighted by molar-refractivity contribution is 7.13. The van der Waals surface area contributed by atoms with Gasteiger partial charge in [0, 0.05) is 44.4 Å². The van der Waals surface area contributed by atoms with Gasteiger partial charge in [0.25, 0.3) is 0 Å². The molecule has 0 bridgehead atoms. The first-order valence-corrected chi connectivity index (χ1v) is 10.5. The van der Waals surface area contributed by atoms with E-state index in [-0.39, 0.29) is 17.7 Å². The topological polar surface area (TPSA) is 115 Å². The van der Waals surface area contributed by atoms with Crippen LogP contribution < -0.4 is 10.8 Å². The van der Waals surface area contributed by atoms with Gasteiger partial charge in [0.05, 0.1) is 12.2 Å². The zero-order valence-corrected chi connectivity index (χ0v) is 17.1. The number of rotatable bonds is 10. The SMILES string of the molecule is Cc1csc(NC(=O)CN2CCN(C(=O)CCCCCCC(=O)NO)CC2)n1. The van der Waals surface area contributed by atoms with E-state index in [1.807, 2.05) is 22.1 Å². The van der Waals surface area contributed by atoms with Crippen molar-refractivity contribution >= 4 is 34.2 Å². The summed E-state index contributed by atoms with van der Waals surface area (Å²) in [5.41, 5.74) is 2.51. The zero-order valence-electron chi connectivity index (χ0n) is 16.3. The molecule has 3 amide bonds. The number of hydrogen-bond donors (Lipinski definition) is 3. The molecule has 0 aliphatic carbocycles. The highest BCUT2D eigenvalue weighted by Gasteiger charge is 2.22. The number of nitrogens with one attached hydrogen (secondary N) is 2. The fourth-order valence-corrected chi connectivity index (χ4v) is 3.76. The molecule has 0 radical (unpaired) electrons. The second-order valence-electron chi connectivity index (χ2n) is 6.95. The third kappa shape index (κ3) is 7.91. The predicted octanol–water partition coefficient (Wildman–Crippen LogP) is 1.38. The summed E-state index contributed by atoms with van der Waals surface area (Å²) in [7, 11) is 0. The van der Waals surface area contributed by atoms with Gasteiger partial charge in [-0.1, -0.05) is 12.8 Å². The van der Waals surface area contributed by atoms with Crippen LogP contribution in [0.5, 0.6) is 0 Å². The van der Waals surface area contributed by atoms with E-state index in [4.69, 9.17) is 5.21 Å². The molecule has 1 aromatic heterocycles. The average molecular weight is 412 g/mol. The minimum absolute atomic E-state index is 0.0796. The molecule has 1 saturated heterocycles. The van der Waals surface area contributed by atoms with E-state index >= 15 is 0 Å². The highest BCUT2D eigenvalue weighted by Crippen LogP contribution is 2.14. The van der Waals surface area contributed by atoms with Gasteiger partial charge >= 0.3 is 0 Å². The minimum Gasteiger partial charge on any atom is -0.340 e. The molecule has 0 aromatic carbocycles. The van der Waals surface area contributed by atoms with Gasteiger partial charge in [0.2, 0.25) is 17.7 Å². The van der Waals surface area contributed by atoms with Gasteiger partial charge in [0.15, 0.2) is 5.13 Å². The maximum atomic E-state index is 12.3. The number of aryl methyl sites for hydroxylation is 1. The Morgan fingerprint density at radius 1 is 1.07 bits per heavy atom. The summed E-state index contributed by atoms with van der Waals surface area (Å²) < 4.78 is 0. The van der Waals surface area contributed by atoms with E-state index in [1.54, 1.807) is 5.48 Å². The van der Waals surface area contributed by atoms with Crippen LogP contribution in [0.3, 0.4) is 0 Å². The summed E-state index contributed by atoms with van der Waals surface area (Å²) in [5.74, 6) is -0.302. The quantitative estimate of drug-likeness (QED) is 0.304. The lowest BCUT2D eigenvalue weighted by atomic mass is 10.1. The van der Waals surface area contributed by atoms with Gasteiger partial charge in [-0.05, 0) is 19.8 Å². The fraction of sp³-hybridized carbons (Fsp3) is 0.667. The fourth-order valence-electron chi connectivity index (χ4n) is 3.06. The Kier molecular flexibility index (Phi) is 9.32. The number of hydroxylamine groups is 1. The molecule has 1 fully saturated rings. The molecule has 2 rings (SSSR count). The predicted molar refractivity (Wildman–Crippen MR) is 106 cm³/mol. The smallest absolute Gasteiger partial charge is 0.243 e. The number of carbonyl (C=O) groups is 3. The summed E-state index contributed by atoms with van der Waals surface area (Å²) in [6, 6.07) is 0. The Morgan fingerprint density at radius 2 is 1.75 bits per heavy atom. The van der Waals surface area contributed by atoms with Crippen molar-refractivity contribution in [1.82, 2.24) is 20.3 Å². The Morgan fingerprint density at radius 3 is 2.36 bits per heavy atom. The molecule has 0 spiro atoms. The van der Waals surface area contributed by atoms with E-state index in [2.05, 4.69) is 10.3 Å². The minimum atomic E-state index is -0.371. The second kappa shape index (κ2) is 11.7. The molecule has 1 aliphatic heterocycles. The van der Waals surface area contributed by atoms with Crippen molar-refractivity contribution in [2.24, 2.45) is 0 Å². The molecule has 28 heavy (non-hydrogen) atoms. The van der Waals surface area contributed by atoms with Crippen LogP contribution in [0.2, 0.25) is 0 Å². The zero-order chi connectivity index (χ0) is 20.4. The molecule has 1 aliphatic rings. The maximum absolute atomic E-state index is 12.3. The molecular formula is C18H29N5O4S. The van der Waals surface area contributed by atoms with Crippen molar-refractivity contribution in [2.75, 3.05) is 38.0 Å². The third-order valence-corrected chi connectivity index (χ3v) is 5.50. The lowest BCUT2D eigenvalue weighted by Gasteiger charge is -2.34. The summed E-state index contributed by atoms with van der Waals surface area (Å²) in [4.78, 5) is 43.4. The van der Waals surface area contributed by atoms with Crippen molar-refractivity contribution in [1.29, 1.82) is 0 Å². The lowest BCUT2D eigenvalue weighted by molar-refractivity contribution is -0.133. The van der Waals surface area contributed by atoms with Gasteiger partial charge < -0.3 is 10.2 Å². The molecule has 1 aromatic rings. The van der Waals surface area contributed by atoms with Crippen LogP contribution >= 0.6 is 11.3 Å². The first-order chi connectivity index (χ1) is 13.5. The molecule has 9 nitrogen and oxygen atoms in total. The monoisotopic (exact) mass is 411 g/mol. The van der Waals surface area contributed by atoms with Gasteiger partial charge in [-0.3, -0.25) is 24.5 Å². The van der Waals surface area contributed by atoms with E-state index in [0.717, 1.165) is 25.0 Å². The largest absolute Gasteiger partial charge is 0.340 e. The van der Waals surface area contributed by atoms with Crippen molar-refractivity contribution in [2.45, 2.75) is 45.4 Å². The normalized spacial score (nSPS) is 14.7. The number of aromatic nitrogens is 1. The number of nitrogens with zero attached hydrogens (tertiary/aromatic N) is 3. The van der Waals surface area contributed by atoms with Crippen molar-refractivity contribution in [3.8, 4) is 0 Å². The first kappa shape index (κ1) is 22.3. The summed E-state index contributed by atoms with van der Waals surface area (Å²) >= 11 is 1.41. The average Bonchev–Trinajstić information content (AvgIpc) is 3.09. The Labute approximate surface area is 169 Å². The molecule has 0 unspecified atom stereocenters. The second-order valence-corrected chi connectivity index (χ2v) is 7.81. The molecule has 0 atom stereocenters. The van der Waals surface area contributed by atoms with Crippen molar-refractivity contribution < 1.29 is 19.6 Å². The van der Waals surface area contributed by atoms with Crippen molar-refractivity contribution in [3.63, 3.8) is 0 Å². The maximum Gasteiger partial charge on any atom is 0.243 e.